The van der Waals surface area contributed by atoms with E-state index in [0.29, 0.717) is 17.5 Å². The third-order valence-electron chi connectivity index (χ3n) is 3.90. The molecule has 0 amide bonds. The van der Waals surface area contributed by atoms with Crippen molar-refractivity contribution < 1.29 is 14.3 Å². The topological polar surface area (TPSA) is 68.4 Å². The average Bonchev–Trinajstić information content (AvgIpc) is 2.97. The summed E-state index contributed by atoms with van der Waals surface area (Å²) >= 11 is 1.49. The summed E-state index contributed by atoms with van der Waals surface area (Å²) < 4.78 is 11.0. The Morgan fingerprint density at radius 1 is 1.27 bits per heavy atom. The predicted molar refractivity (Wildman–Crippen MR) is 84.2 cm³/mol. The standard InChI is InChI=1S/C16H20N2O3S/c1-20-13-8-4-2-6-11(13)10-15-17-18-16(21-15)22-14-9-5-3-7-12(14)19/h2,4,6,8,12,14,19H,3,5,7,9-10H2,1H3. The first kappa shape index (κ1) is 15.4. The molecule has 5 nitrogen and oxygen atoms in total. The molecule has 0 aliphatic heterocycles. The quantitative estimate of drug-likeness (QED) is 0.913. The fourth-order valence-electron chi connectivity index (χ4n) is 2.71. The van der Waals surface area contributed by atoms with Gasteiger partial charge in [0.2, 0.25) is 5.89 Å². The Bertz CT molecular complexity index is 617. The van der Waals surface area contributed by atoms with Gasteiger partial charge in [0.1, 0.15) is 5.75 Å². The number of aliphatic hydroxyl groups is 1. The van der Waals surface area contributed by atoms with Crippen molar-refractivity contribution in [3.05, 3.63) is 35.7 Å². The Labute approximate surface area is 134 Å². The van der Waals surface area contributed by atoms with Crippen LogP contribution in [0.25, 0.3) is 0 Å². The van der Waals surface area contributed by atoms with Gasteiger partial charge in [0, 0.05) is 10.8 Å². The molecule has 1 N–H and O–H groups in total. The number of hydrogen-bond donors (Lipinski definition) is 1. The highest BCUT2D eigenvalue weighted by Crippen LogP contribution is 2.33. The largest absolute Gasteiger partial charge is 0.496 e. The van der Waals surface area contributed by atoms with E-state index in [1.54, 1.807) is 7.11 Å². The molecule has 118 valence electrons. The number of para-hydroxylation sites is 1. The van der Waals surface area contributed by atoms with Crippen LogP contribution in [0, 0.1) is 0 Å². The summed E-state index contributed by atoms with van der Waals surface area (Å²) in [7, 11) is 1.65. The summed E-state index contributed by atoms with van der Waals surface area (Å²) in [4.78, 5) is 0. The zero-order valence-corrected chi connectivity index (χ0v) is 13.4. The van der Waals surface area contributed by atoms with Crippen molar-refractivity contribution in [1.29, 1.82) is 0 Å². The first-order valence-electron chi connectivity index (χ1n) is 7.55. The number of thioether (sulfide) groups is 1. The average molecular weight is 320 g/mol. The van der Waals surface area contributed by atoms with Crippen molar-refractivity contribution in [2.75, 3.05) is 7.11 Å². The number of nitrogens with zero attached hydrogens (tertiary/aromatic N) is 2. The highest BCUT2D eigenvalue weighted by Gasteiger charge is 2.26. The van der Waals surface area contributed by atoms with E-state index < -0.39 is 0 Å². The molecule has 1 aromatic heterocycles. The second-order valence-corrected chi connectivity index (χ2v) is 6.65. The van der Waals surface area contributed by atoms with Crippen LogP contribution >= 0.6 is 11.8 Å². The molecule has 1 saturated carbocycles. The van der Waals surface area contributed by atoms with E-state index in [2.05, 4.69) is 10.2 Å². The van der Waals surface area contributed by atoms with Crippen LogP contribution in [0.3, 0.4) is 0 Å². The highest BCUT2D eigenvalue weighted by molar-refractivity contribution is 7.99. The zero-order valence-electron chi connectivity index (χ0n) is 12.6. The van der Waals surface area contributed by atoms with Gasteiger partial charge in [-0.25, -0.2) is 0 Å². The molecule has 3 rings (SSSR count). The molecule has 0 spiro atoms. The maximum absolute atomic E-state index is 10.0. The van der Waals surface area contributed by atoms with Crippen LogP contribution in [-0.2, 0) is 6.42 Å². The molecule has 0 saturated heterocycles. The van der Waals surface area contributed by atoms with Gasteiger partial charge in [0.05, 0.1) is 19.6 Å². The van der Waals surface area contributed by atoms with Gasteiger partial charge in [-0.1, -0.05) is 42.8 Å². The predicted octanol–water partition coefficient (Wildman–Crippen LogP) is 3.06. The van der Waals surface area contributed by atoms with Gasteiger partial charge in [0.15, 0.2) is 0 Å². The van der Waals surface area contributed by atoms with E-state index in [1.165, 1.54) is 11.8 Å². The Morgan fingerprint density at radius 2 is 2.09 bits per heavy atom. The molecule has 1 aromatic carbocycles. The number of ether oxygens (including phenoxy) is 1. The lowest BCUT2D eigenvalue weighted by atomic mass is 9.97. The molecule has 0 radical (unpaired) electrons. The minimum absolute atomic E-state index is 0.160. The van der Waals surface area contributed by atoms with Gasteiger partial charge >= 0.3 is 0 Å². The number of methoxy groups -OCH3 is 1. The molecule has 1 heterocycles. The van der Waals surface area contributed by atoms with Gasteiger partial charge in [-0.15, -0.1) is 10.2 Å². The maximum atomic E-state index is 10.0. The Morgan fingerprint density at radius 3 is 2.91 bits per heavy atom. The summed E-state index contributed by atoms with van der Waals surface area (Å²) in [5, 5.41) is 18.9. The van der Waals surface area contributed by atoms with Crippen molar-refractivity contribution in [1.82, 2.24) is 10.2 Å². The minimum atomic E-state index is -0.275. The number of hydrogen-bond acceptors (Lipinski definition) is 6. The molecule has 6 heteroatoms. The van der Waals surface area contributed by atoms with E-state index in [-0.39, 0.29) is 11.4 Å². The molecular weight excluding hydrogens is 300 g/mol. The summed E-state index contributed by atoms with van der Waals surface area (Å²) in [6.45, 7) is 0. The first-order valence-corrected chi connectivity index (χ1v) is 8.43. The van der Waals surface area contributed by atoms with E-state index in [0.717, 1.165) is 37.0 Å². The smallest absolute Gasteiger partial charge is 0.276 e. The van der Waals surface area contributed by atoms with Crippen LogP contribution in [0.5, 0.6) is 5.75 Å². The molecule has 2 aromatic rings. The molecule has 0 bridgehead atoms. The van der Waals surface area contributed by atoms with Crippen LogP contribution in [-0.4, -0.2) is 33.8 Å². The fourth-order valence-corrected chi connectivity index (χ4v) is 3.78. The summed E-state index contributed by atoms with van der Waals surface area (Å²) in [5.41, 5.74) is 1.02. The monoisotopic (exact) mass is 320 g/mol. The van der Waals surface area contributed by atoms with Gasteiger partial charge in [-0.05, 0) is 18.9 Å². The van der Waals surface area contributed by atoms with Crippen LogP contribution in [0.1, 0.15) is 37.1 Å². The van der Waals surface area contributed by atoms with Gasteiger partial charge in [-0.3, -0.25) is 0 Å². The lowest BCUT2D eigenvalue weighted by molar-refractivity contribution is 0.136. The summed E-state index contributed by atoms with van der Waals surface area (Å²) in [5.74, 6) is 1.38. The number of rotatable bonds is 5. The van der Waals surface area contributed by atoms with E-state index in [1.807, 2.05) is 24.3 Å². The van der Waals surface area contributed by atoms with Gasteiger partial charge in [0.25, 0.3) is 5.22 Å². The molecule has 22 heavy (non-hydrogen) atoms. The molecule has 2 unspecified atom stereocenters. The van der Waals surface area contributed by atoms with Crippen LogP contribution < -0.4 is 4.74 Å². The van der Waals surface area contributed by atoms with Crippen LogP contribution in [0.15, 0.2) is 33.9 Å². The van der Waals surface area contributed by atoms with Crippen molar-refractivity contribution in [2.45, 2.75) is 48.7 Å². The maximum Gasteiger partial charge on any atom is 0.276 e. The number of benzene rings is 1. The normalized spacial score (nSPS) is 21.7. The van der Waals surface area contributed by atoms with Crippen molar-refractivity contribution in [3.8, 4) is 5.75 Å². The first-order chi connectivity index (χ1) is 10.8. The molecule has 1 aliphatic rings. The number of aromatic nitrogens is 2. The Balaban J connectivity index is 1.66. The highest BCUT2D eigenvalue weighted by atomic mass is 32.2. The van der Waals surface area contributed by atoms with E-state index in [4.69, 9.17) is 9.15 Å². The molecule has 2 atom stereocenters. The third kappa shape index (κ3) is 3.62. The molecule has 1 aliphatic carbocycles. The second-order valence-electron chi connectivity index (χ2n) is 5.46. The lowest BCUT2D eigenvalue weighted by Gasteiger charge is -2.25. The van der Waals surface area contributed by atoms with Crippen molar-refractivity contribution in [3.63, 3.8) is 0 Å². The van der Waals surface area contributed by atoms with Crippen molar-refractivity contribution >= 4 is 11.8 Å². The molecular formula is C16H20N2O3S. The van der Waals surface area contributed by atoms with Crippen molar-refractivity contribution in [2.24, 2.45) is 0 Å². The second kappa shape index (κ2) is 7.15. The number of aliphatic hydroxyl groups excluding tert-OH is 1. The Hall–Kier alpha value is -1.53. The van der Waals surface area contributed by atoms with Crippen LogP contribution in [0.4, 0.5) is 0 Å². The minimum Gasteiger partial charge on any atom is -0.496 e. The van der Waals surface area contributed by atoms with Gasteiger partial charge in [-0.2, -0.15) is 0 Å². The Kier molecular flexibility index (Phi) is 5.00. The third-order valence-corrected chi connectivity index (χ3v) is 5.12. The van der Waals surface area contributed by atoms with Gasteiger partial charge < -0.3 is 14.3 Å². The summed E-state index contributed by atoms with van der Waals surface area (Å²) in [6.07, 6.45) is 4.38. The summed E-state index contributed by atoms with van der Waals surface area (Å²) in [6, 6.07) is 7.80. The SMILES string of the molecule is COc1ccccc1Cc1nnc(SC2CCCCC2O)o1. The lowest BCUT2D eigenvalue weighted by Crippen LogP contribution is -2.26. The zero-order chi connectivity index (χ0) is 15.4. The van der Waals surface area contributed by atoms with Crippen LogP contribution in [0.2, 0.25) is 0 Å². The van der Waals surface area contributed by atoms with E-state index >= 15 is 0 Å². The molecule has 1 fully saturated rings. The fraction of sp³-hybridized carbons (Fsp3) is 0.500. The van der Waals surface area contributed by atoms with E-state index in [9.17, 15) is 5.11 Å².